The zero-order chi connectivity index (χ0) is 23.6. The Kier molecular flexibility index (Phi) is 8.75. The number of aromatic nitrogens is 2. The number of hydrogen-bond donors (Lipinski definition) is 1. The van der Waals surface area contributed by atoms with Gasteiger partial charge in [0.15, 0.2) is 17.5 Å². The van der Waals surface area contributed by atoms with Gasteiger partial charge < -0.3 is 19.7 Å². The topological polar surface area (TPSA) is 63.9 Å². The van der Waals surface area contributed by atoms with Gasteiger partial charge in [-0.15, -0.1) is 0 Å². The maximum absolute atomic E-state index is 5.41. The molecule has 1 aromatic heterocycles. The molecule has 3 aromatic rings. The Labute approximate surface area is 197 Å². The molecule has 0 aliphatic heterocycles. The average Bonchev–Trinajstić information content (AvgIpc) is 3.23. The van der Waals surface area contributed by atoms with Crippen molar-refractivity contribution in [1.82, 2.24) is 20.0 Å². The van der Waals surface area contributed by atoms with Crippen LogP contribution in [0.2, 0.25) is 0 Å². The summed E-state index contributed by atoms with van der Waals surface area (Å²) in [5.74, 6) is 2.40. The third-order valence-corrected chi connectivity index (χ3v) is 5.68. The Morgan fingerprint density at radius 2 is 1.82 bits per heavy atom. The molecule has 7 nitrogen and oxygen atoms in total. The van der Waals surface area contributed by atoms with Crippen LogP contribution >= 0.6 is 0 Å². The molecule has 2 aromatic carbocycles. The van der Waals surface area contributed by atoms with Gasteiger partial charge in [-0.25, -0.2) is 4.68 Å². The number of ether oxygens (including phenoxy) is 2. The monoisotopic (exact) mass is 449 g/mol. The first-order valence-corrected chi connectivity index (χ1v) is 11.3. The highest BCUT2D eigenvalue weighted by Gasteiger charge is 2.10. The Bertz CT molecular complexity index is 1050. The van der Waals surface area contributed by atoms with Crippen molar-refractivity contribution in [2.75, 3.05) is 41.4 Å². The standard InChI is InChI=1S/C26H35N5O2/c1-20-22(19-31(29-20)23-11-7-6-8-12-23)10-9-16-28-26(27-2)30(3)17-15-21-13-14-24(32-4)25(18-21)33-5/h6-8,11-14,18-19H,9-10,15-17H2,1-5H3,(H,27,28). The molecule has 33 heavy (non-hydrogen) atoms. The molecule has 0 aliphatic rings. The maximum atomic E-state index is 5.41. The van der Waals surface area contributed by atoms with E-state index in [1.54, 1.807) is 14.2 Å². The van der Waals surface area contributed by atoms with E-state index >= 15 is 0 Å². The van der Waals surface area contributed by atoms with Crippen molar-refractivity contribution in [2.24, 2.45) is 4.99 Å². The molecule has 0 bridgehead atoms. The van der Waals surface area contributed by atoms with Crippen molar-refractivity contribution in [1.29, 1.82) is 0 Å². The lowest BCUT2D eigenvalue weighted by molar-refractivity contribution is 0.354. The van der Waals surface area contributed by atoms with Gasteiger partial charge in [0.25, 0.3) is 0 Å². The molecule has 1 heterocycles. The van der Waals surface area contributed by atoms with Crippen molar-refractivity contribution < 1.29 is 9.47 Å². The zero-order valence-electron chi connectivity index (χ0n) is 20.3. The predicted molar refractivity (Wildman–Crippen MR) is 134 cm³/mol. The van der Waals surface area contributed by atoms with Crippen molar-refractivity contribution >= 4 is 5.96 Å². The summed E-state index contributed by atoms with van der Waals surface area (Å²) in [6, 6.07) is 16.3. The van der Waals surface area contributed by atoms with Crippen LogP contribution in [0, 0.1) is 6.92 Å². The van der Waals surface area contributed by atoms with Crippen molar-refractivity contribution in [2.45, 2.75) is 26.2 Å². The van der Waals surface area contributed by atoms with E-state index in [4.69, 9.17) is 9.47 Å². The molecule has 0 saturated heterocycles. The van der Waals surface area contributed by atoms with Gasteiger partial charge in [-0.1, -0.05) is 24.3 Å². The van der Waals surface area contributed by atoms with E-state index in [1.165, 1.54) is 11.1 Å². The lowest BCUT2D eigenvalue weighted by Crippen LogP contribution is -2.40. The molecule has 0 unspecified atom stereocenters. The van der Waals surface area contributed by atoms with Crippen LogP contribution in [0.1, 0.15) is 23.2 Å². The molecule has 7 heteroatoms. The lowest BCUT2D eigenvalue weighted by atomic mass is 10.1. The first-order chi connectivity index (χ1) is 16.0. The van der Waals surface area contributed by atoms with E-state index in [-0.39, 0.29) is 0 Å². The first-order valence-electron chi connectivity index (χ1n) is 11.3. The van der Waals surface area contributed by atoms with E-state index in [1.807, 2.05) is 42.1 Å². The summed E-state index contributed by atoms with van der Waals surface area (Å²) in [4.78, 5) is 6.59. The zero-order valence-corrected chi connectivity index (χ0v) is 20.3. The number of methoxy groups -OCH3 is 2. The normalized spacial score (nSPS) is 11.4. The number of para-hydroxylation sites is 1. The Hall–Kier alpha value is -3.48. The Morgan fingerprint density at radius 3 is 2.52 bits per heavy atom. The molecule has 0 radical (unpaired) electrons. The number of benzene rings is 2. The third-order valence-electron chi connectivity index (χ3n) is 5.68. The number of hydrogen-bond acceptors (Lipinski definition) is 4. The van der Waals surface area contributed by atoms with Crippen LogP contribution < -0.4 is 14.8 Å². The van der Waals surface area contributed by atoms with Gasteiger partial charge in [0, 0.05) is 33.4 Å². The molecule has 0 saturated carbocycles. The molecule has 0 fully saturated rings. The van der Waals surface area contributed by atoms with Crippen LogP contribution in [-0.2, 0) is 12.8 Å². The number of aliphatic imine (C=N–C) groups is 1. The summed E-state index contributed by atoms with van der Waals surface area (Å²) in [5.41, 5.74) is 4.63. The predicted octanol–water partition coefficient (Wildman–Crippen LogP) is 3.88. The van der Waals surface area contributed by atoms with Crippen LogP contribution in [0.3, 0.4) is 0 Å². The minimum absolute atomic E-state index is 0.747. The van der Waals surface area contributed by atoms with Gasteiger partial charge in [0.1, 0.15) is 0 Å². The second-order valence-corrected chi connectivity index (χ2v) is 7.96. The summed E-state index contributed by atoms with van der Waals surface area (Å²) in [6.07, 6.45) is 4.99. The smallest absolute Gasteiger partial charge is 0.193 e. The SMILES string of the molecule is CN=C(NCCCc1cn(-c2ccccc2)nc1C)N(C)CCc1ccc(OC)c(OC)c1. The van der Waals surface area contributed by atoms with Crippen molar-refractivity contribution in [3.63, 3.8) is 0 Å². The summed E-state index contributed by atoms with van der Waals surface area (Å²) in [6.45, 7) is 3.77. The van der Waals surface area contributed by atoms with E-state index in [0.29, 0.717) is 0 Å². The van der Waals surface area contributed by atoms with E-state index in [0.717, 1.165) is 61.2 Å². The van der Waals surface area contributed by atoms with Gasteiger partial charge in [0.05, 0.1) is 25.6 Å². The summed E-state index contributed by atoms with van der Waals surface area (Å²) < 4.78 is 12.7. The molecule has 176 valence electrons. The minimum Gasteiger partial charge on any atom is -0.493 e. The van der Waals surface area contributed by atoms with Crippen LogP contribution in [0.4, 0.5) is 0 Å². The Morgan fingerprint density at radius 1 is 1.06 bits per heavy atom. The van der Waals surface area contributed by atoms with Crippen LogP contribution in [-0.4, -0.2) is 62.0 Å². The highest BCUT2D eigenvalue weighted by atomic mass is 16.5. The molecule has 0 atom stereocenters. The van der Waals surface area contributed by atoms with Crippen molar-refractivity contribution in [3.8, 4) is 17.2 Å². The fourth-order valence-corrected chi connectivity index (χ4v) is 3.76. The van der Waals surface area contributed by atoms with Gasteiger partial charge in [-0.3, -0.25) is 4.99 Å². The summed E-state index contributed by atoms with van der Waals surface area (Å²) in [5, 5.41) is 8.14. The van der Waals surface area contributed by atoms with Gasteiger partial charge >= 0.3 is 0 Å². The molecule has 1 N–H and O–H groups in total. The highest BCUT2D eigenvalue weighted by Crippen LogP contribution is 2.27. The molecular weight excluding hydrogens is 414 g/mol. The quantitative estimate of drug-likeness (QED) is 0.289. The minimum atomic E-state index is 0.747. The second kappa shape index (κ2) is 11.9. The van der Waals surface area contributed by atoms with E-state index in [2.05, 4.69) is 58.7 Å². The van der Waals surface area contributed by atoms with Crippen molar-refractivity contribution in [3.05, 3.63) is 71.5 Å². The maximum Gasteiger partial charge on any atom is 0.193 e. The molecular formula is C26H35N5O2. The molecule has 0 aliphatic carbocycles. The first kappa shape index (κ1) is 24.2. The van der Waals surface area contributed by atoms with Gasteiger partial charge in [0.2, 0.25) is 0 Å². The van der Waals surface area contributed by atoms with Gasteiger partial charge in [-0.2, -0.15) is 5.10 Å². The highest BCUT2D eigenvalue weighted by molar-refractivity contribution is 5.79. The number of guanidine groups is 1. The molecule has 3 rings (SSSR count). The number of aryl methyl sites for hydroxylation is 2. The average molecular weight is 450 g/mol. The lowest BCUT2D eigenvalue weighted by Gasteiger charge is -2.22. The largest absolute Gasteiger partial charge is 0.493 e. The fourth-order valence-electron chi connectivity index (χ4n) is 3.76. The summed E-state index contributed by atoms with van der Waals surface area (Å²) >= 11 is 0. The van der Waals surface area contributed by atoms with E-state index in [9.17, 15) is 0 Å². The Balaban J connectivity index is 1.46. The van der Waals surface area contributed by atoms with E-state index < -0.39 is 0 Å². The van der Waals surface area contributed by atoms with Crippen LogP contribution in [0.25, 0.3) is 5.69 Å². The number of nitrogens with one attached hydrogen (secondary N) is 1. The second-order valence-electron chi connectivity index (χ2n) is 7.96. The third kappa shape index (κ3) is 6.51. The fraction of sp³-hybridized carbons (Fsp3) is 0.385. The number of likely N-dealkylation sites (N-methyl/N-ethyl adjacent to an activating group) is 1. The number of rotatable bonds is 10. The van der Waals surface area contributed by atoms with Gasteiger partial charge in [-0.05, 0) is 61.6 Å². The van der Waals surface area contributed by atoms with Crippen LogP contribution in [0.15, 0.2) is 59.7 Å². The summed E-state index contributed by atoms with van der Waals surface area (Å²) in [7, 11) is 7.19. The number of nitrogens with zero attached hydrogens (tertiary/aromatic N) is 4. The molecule has 0 spiro atoms. The molecule has 0 amide bonds. The van der Waals surface area contributed by atoms with Crippen LogP contribution in [0.5, 0.6) is 11.5 Å².